The Hall–Kier alpha value is -2.90. The fourth-order valence-corrected chi connectivity index (χ4v) is 4.94. The Morgan fingerprint density at radius 2 is 2.03 bits per heavy atom. The van der Waals surface area contributed by atoms with Crippen molar-refractivity contribution in [2.45, 2.75) is 37.4 Å². The van der Waals surface area contributed by atoms with E-state index in [1.807, 2.05) is 24.3 Å². The number of ether oxygens (including phenoxy) is 1. The Bertz CT molecular complexity index is 1220. The highest BCUT2D eigenvalue weighted by atomic mass is 35.5. The standard InChI is InChI=1S/C25H25ClFN3O3/c1-33-13-16-11-19-17-4-2-3-5-21(17)29-23(19)24(30(16)22(31)12-26)18-9-6-14(10-20(18)27)25(32)28-15-7-8-15/h2-6,9-10,15-16,24,29H,7-8,11-13H2,1H3,(H,28,32)/t16-,24?/m1/s1. The molecule has 1 aromatic heterocycles. The number of methoxy groups -OCH3 is 1. The number of nitrogens with zero attached hydrogens (tertiary/aromatic N) is 1. The van der Waals surface area contributed by atoms with Gasteiger partial charge in [-0.3, -0.25) is 9.59 Å². The van der Waals surface area contributed by atoms with Crippen LogP contribution in [0.1, 0.15) is 46.1 Å². The average Bonchev–Trinajstić information content (AvgIpc) is 3.56. The molecule has 0 spiro atoms. The van der Waals surface area contributed by atoms with E-state index in [4.69, 9.17) is 16.3 Å². The zero-order chi connectivity index (χ0) is 23.1. The van der Waals surface area contributed by atoms with Gasteiger partial charge in [-0.05, 0) is 43.0 Å². The van der Waals surface area contributed by atoms with Crippen LogP contribution in [0.2, 0.25) is 0 Å². The average molecular weight is 470 g/mol. The van der Waals surface area contributed by atoms with Gasteiger partial charge in [-0.15, -0.1) is 11.6 Å². The minimum absolute atomic E-state index is 0.180. The molecule has 3 aromatic rings. The second-order valence-electron chi connectivity index (χ2n) is 8.70. The molecule has 5 rings (SSSR count). The second kappa shape index (κ2) is 8.80. The monoisotopic (exact) mass is 469 g/mol. The molecular formula is C25H25ClFN3O3. The van der Waals surface area contributed by atoms with E-state index in [2.05, 4.69) is 10.3 Å². The van der Waals surface area contributed by atoms with E-state index in [0.717, 1.165) is 35.0 Å². The van der Waals surface area contributed by atoms with Crippen LogP contribution in [0, 0.1) is 5.82 Å². The third-order valence-electron chi connectivity index (χ3n) is 6.46. The van der Waals surface area contributed by atoms with Crippen LogP contribution in [0.25, 0.3) is 10.9 Å². The maximum Gasteiger partial charge on any atom is 0.251 e. The van der Waals surface area contributed by atoms with Crippen molar-refractivity contribution in [2.75, 3.05) is 19.6 Å². The minimum Gasteiger partial charge on any atom is -0.383 e. The molecule has 2 amide bonds. The molecule has 1 unspecified atom stereocenters. The molecule has 2 heterocycles. The lowest BCUT2D eigenvalue weighted by molar-refractivity contribution is -0.134. The van der Waals surface area contributed by atoms with Crippen LogP contribution in [-0.4, -0.2) is 53.4 Å². The Labute approximate surface area is 196 Å². The zero-order valence-electron chi connectivity index (χ0n) is 18.2. The van der Waals surface area contributed by atoms with E-state index in [1.54, 1.807) is 24.1 Å². The number of H-pyrrole nitrogens is 1. The van der Waals surface area contributed by atoms with Crippen LogP contribution in [0.3, 0.4) is 0 Å². The zero-order valence-corrected chi connectivity index (χ0v) is 19.0. The van der Waals surface area contributed by atoms with Gasteiger partial charge in [-0.25, -0.2) is 4.39 Å². The van der Waals surface area contributed by atoms with Gasteiger partial charge in [0.1, 0.15) is 17.7 Å². The molecule has 1 fully saturated rings. The van der Waals surface area contributed by atoms with Crippen molar-refractivity contribution in [1.82, 2.24) is 15.2 Å². The number of aromatic nitrogens is 1. The highest BCUT2D eigenvalue weighted by molar-refractivity contribution is 6.27. The summed E-state index contributed by atoms with van der Waals surface area (Å²) in [6.45, 7) is 0.293. The lowest BCUT2D eigenvalue weighted by Gasteiger charge is -2.42. The molecule has 2 N–H and O–H groups in total. The van der Waals surface area contributed by atoms with E-state index >= 15 is 4.39 Å². The van der Waals surface area contributed by atoms with Gasteiger partial charge in [0.15, 0.2) is 0 Å². The number of carbonyl (C=O) groups excluding carboxylic acids is 2. The van der Waals surface area contributed by atoms with Gasteiger partial charge in [-0.1, -0.05) is 24.3 Å². The van der Waals surface area contributed by atoms with Gasteiger partial charge in [0.2, 0.25) is 5.91 Å². The molecule has 2 aliphatic rings. The normalized spacial score (nSPS) is 20.0. The van der Waals surface area contributed by atoms with Crippen molar-refractivity contribution in [3.8, 4) is 0 Å². The Morgan fingerprint density at radius 1 is 1.24 bits per heavy atom. The first-order valence-corrected chi connectivity index (χ1v) is 11.6. The van der Waals surface area contributed by atoms with Gasteiger partial charge in [0.25, 0.3) is 5.91 Å². The molecule has 172 valence electrons. The molecule has 6 nitrogen and oxygen atoms in total. The van der Waals surface area contributed by atoms with Crippen molar-refractivity contribution >= 4 is 34.3 Å². The molecule has 0 bridgehead atoms. The second-order valence-corrected chi connectivity index (χ2v) is 8.96. The molecule has 0 saturated heterocycles. The van der Waals surface area contributed by atoms with Crippen molar-refractivity contribution in [3.63, 3.8) is 0 Å². The molecule has 0 radical (unpaired) electrons. The Kier molecular flexibility index (Phi) is 5.85. The summed E-state index contributed by atoms with van der Waals surface area (Å²) in [5.74, 6) is -1.36. The lowest BCUT2D eigenvalue weighted by Crippen LogP contribution is -2.50. The van der Waals surface area contributed by atoms with E-state index in [0.29, 0.717) is 18.6 Å². The summed E-state index contributed by atoms with van der Waals surface area (Å²) in [6.07, 6.45) is 2.47. The summed E-state index contributed by atoms with van der Waals surface area (Å²) in [5.41, 5.74) is 3.29. The largest absolute Gasteiger partial charge is 0.383 e. The van der Waals surface area contributed by atoms with Crippen LogP contribution < -0.4 is 5.32 Å². The molecule has 1 aliphatic carbocycles. The summed E-state index contributed by atoms with van der Waals surface area (Å²) in [4.78, 5) is 30.5. The summed E-state index contributed by atoms with van der Waals surface area (Å²) < 4.78 is 21.0. The van der Waals surface area contributed by atoms with Gasteiger partial charge in [0, 0.05) is 40.9 Å². The number of hydrogen-bond donors (Lipinski definition) is 2. The van der Waals surface area contributed by atoms with Crippen LogP contribution in [0.15, 0.2) is 42.5 Å². The first-order valence-electron chi connectivity index (χ1n) is 11.1. The molecule has 1 saturated carbocycles. The number of hydrogen-bond acceptors (Lipinski definition) is 3. The predicted molar refractivity (Wildman–Crippen MR) is 124 cm³/mol. The van der Waals surface area contributed by atoms with Crippen LogP contribution in [0.5, 0.6) is 0 Å². The predicted octanol–water partition coefficient (Wildman–Crippen LogP) is 3.93. The van der Waals surface area contributed by atoms with Crippen molar-refractivity contribution < 1.29 is 18.7 Å². The third-order valence-corrected chi connectivity index (χ3v) is 6.69. The number of amides is 2. The smallest absolute Gasteiger partial charge is 0.251 e. The van der Waals surface area contributed by atoms with Crippen molar-refractivity contribution in [1.29, 1.82) is 0 Å². The number of nitrogens with one attached hydrogen (secondary N) is 2. The van der Waals surface area contributed by atoms with E-state index in [9.17, 15) is 9.59 Å². The topological polar surface area (TPSA) is 74.4 Å². The highest BCUT2D eigenvalue weighted by Crippen LogP contribution is 2.42. The fourth-order valence-electron chi connectivity index (χ4n) is 4.80. The number of benzene rings is 2. The molecule has 2 aromatic carbocycles. The Balaban J connectivity index is 1.63. The number of aromatic amines is 1. The van der Waals surface area contributed by atoms with Gasteiger partial charge in [-0.2, -0.15) is 0 Å². The maximum atomic E-state index is 15.6. The molecule has 8 heteroatoms. The molecular weight excluding hydrogens is 445 g/mol. The lowest BCUT2D eigenvalue weighted by atomic mass is 9.87. The summed E-state index contributed by atoms with van der Waals surface area (Å²) in [6, 6.07) is 11.5. The number of carbonyl (C=O) groups is 2. The van der Waals surface area contributed by atoms with Gasteiger partial charge in [0.05, 0.1) is 12.6 Å². The highest BCUT2D eigenvalue weighted by Gasteiger charge is 2.41. The first kappa shape index (κ1) is 21.9. The van der Waals surface area contributed by atoms with E-state index in [1.165, 1.54) is 6.07 Å². The fraction of sp³-hybridized carbons (Fsp3) is 0.360. The van der Waals surface area contributed by atoms with E-state index in [-0.39, 0.29) is 35.3 Å². The molecule has 33 heavy (non-hydrogen) atoms. The van der Waals surface area contributed by atoms with Gasteiger partial charge >= 0.3 is 0 Å². The van der Waals surface area contributed by atoms with Crippen LogP contribution >= 0.6 is 11.6 Å². The van der Waals surface area contributed by atoms with E-state index < -0.39 is 11.9 Å². The van der Waals surface area contributed by atoms with Crippen LogP contribution in [-0.2, 0) is 16.0 Å². The Morgan fingerprint density at radius 3 is 2.73 bits per heavy atom. The summed E-state index contributed by atoms with van der Waals surface area (Å²) in [7, 11) is 1.58. The first-order chi connectivity index (χ1) is 16.0. The minimum atomic E-state index is -0.715. The number of halogens is 2. The molecule has 2 atom stereocenters. The van der Waals surface area contributed by atoms with Crippen molar-refractivity contribution in [3.05, 3.63) is 70.7 Å². The number of rotatable bonds is 6. The third kappa shape index (κ3) is 4.00. The van der Waals surface area contributed by atoms with Crippen LogP contribution in [0.4, 0.5) is 4.39 Å². The SMILES string of the molecule is COC[C@H]1Cc2c([nH]c3ccccc23)C(c2ccc(C(=O)NC3CC3)cc2F)N1C(=O)CCl. The summed E-state index contributed by atoms with van der Waals surface area (Å²) >= 11 is 5.98. The quantitative estimate of drug-likeness (QED) is 0.537. The molecule has 1 aliphatic heterocycles. The number of alkyl halides is 1. The van der Waals surface area contributed by atoms with Gasteiger partial charge < -0.3 is 19.9 Å². The summed E-state index contributed by atoms with van der Waals surface area (Å²) in [5, 5.41) is 3.92. The maximum absolute atomic E-state index is 15.6. The number of fused-ring (bicyclic) bond motifs is 3. The number of para-hydroxylation sites is 1. The van der Waals surface area contributed by atoms with Crippen molar-refractivity contribution in [2.24, 2.45) is 0 Å².